The lowest BCUT2D eigenvalue weighted by atomic mass is 9.65. The number of hydrogen-bond donors (Lipinski definition) is 0. The average Bonchev–Trinajstić information content (AvgIpc) is 2.24. The maximum Gasteiger partial charge on any atom is -0.0298 e. The molecule has 0 nitrogen and oxygen atoms in total. The fourth-order valence-electron chi connectivity index (χ4n) is 3.49. The smallest absolute Gasteiger partial charge is 0.0298 e. The van der Waals surface area contributed by atoms with Gasteiger partial charge in [-0.1, -0.05) is 75.2 Å². The Bertz CT molecular complexity index is 215. The molecule has 110 valence electrons. The van der Waals surface area contributed by atoms with Crippen LogP contribution in [0.5, 0.6) is 0 Å². The lowest BCUT2D eigenvalue weighted by Crippen LogP contribution is -2.31. The van der Waals surface area contributed by atoms with Crippen molar-refractivity contribution in [1.29, 1.82) is 0 Å². The zero-order chi connectivity index (χ0) is 14.6. The van der Waals surface area contributed by atoms with Gasteiger partial charge in [0.15, 0.2) is 0 Å². The van der Waals surface area contributed by atoms with Crippen LogP contribution in [0.25, 0.3) is 0 Å². The molecule has 2 unspecified atom stereocenters. The van der Waals surface area contributed by atoms with Crippen LogP contribution in [0.1, 0.15) is 88.0 Å². The summed E-state index contributed by atoms with van der Waals surface area (Å²) in [5, 5.41) is 0. The Morgan fingerprint density at radius 2 is 1.22 bits per heavy atom. The molecule has 0 aromatic carbocycles. The summed E-state index contributed by atoms with van der Waals surface area (Å²) in [5.41, 5.74) is 1.01. The van der Waals surface area contributed by atoms with Crippen molar-refractivity contribution >= 4 is 0 Å². The Hall–Kier alpha value is 0. The monoisotopic (exact) mass is 254 g/mol. The van der Waals surface area contributed by atoms with Gasteiger partial charge in [0.2, 0.25) is 0 Å². The SMILES string of the molecule is CCC(CC)(CC(C)C)CC(C)C(C)C(C)(C)C. The van der Waals surface area contributed by atoms with Crippen LogP contribution in [0, 0.1) is 28.6 Å². The number of rotatable bonds is 7. The first-order chi connectivity index (χ1) is 8.08. The van der Waals surface area contributed by atoms with E-state index < -0.39 is 0 Å². The summed E-state index contributed by atoms with van der Waals surface area (Å²) in [5.74, 6) is 2.44. The van der Waals surface area contributed by atoms with Gasteiger partial charge in [-0.05, 0) is 41.4 Å². The van der Waals surface area contributed by atoms with Crippen LogP contribution in [0.3, 0.4) is 0 Å². The van der Waals surface area contributed by atoms with Crippen LogP contribution in [0.2, 0.25) is 0 Å². The van der Waals surface area contributed by atoms with E-state index in [1.165, 1.54) is 25.7 Å². The van der Waals surface area contributed by atoms with Crippen LogP contribution in [-0.4, -0.2) is 0 Å². The van der Waals surface area contributed by atoms with Crippen LogP contribution in [0.15, 0.2) is 0 Å². The molecule has 0 aliphatic rings. The maximum absolute atomic E-state index is 2.47. The van der Waals surface area contributed by atoms with Crippen molar-refractivity contribution in [3.63, 3.8) is 0 Å². The predicted molar refractivity (Wildman–Crippen MR) is 84.9 cm³/mol. The van der Waals surface area contributed by atoms with Gasteiger partial charge in [0.1, 0.15) is 0 Å². The molecule has 2 atom stereocenters. The van der Waals surface area contributed by atoms with E-state index in [0.717, 1.165) is 17.8 Å². The minimum Gasteiger partial charge on any atom is -0.0649 e. The van der Waals surface area contributed by atoms with Gasteiger partial charge in [-0.15, -0.1) is 0 Å². The molecule has 0 aromatic heterocycles. The van der Waals surface area contributed by atoms with E-state index in [4.69, 9.17) is 0 Å². The molecule has 0 N–H and O–H groups in total. The third kappa shape index (κ3) is 5.33. The Morgan fingerprint density at radius 3 is 1.50 bits per heavy atom. The van der Waals surface area contributed by atoms with E-state index in [2.05, 4.69) is 62.3 Å². The van der Waals surface area contributed by atoms with Gasteiger partial charge in [-0.2, -0.15) is 0 Å². The summed E-state index contributed by atoms with van der Waals surface area (Å²) >= 11 is 0. The molecule has 0 saturated heterocycles. The van der Waals surface area contributed by atoms with Gasteiger partial charge < -0.3 is 0 Å². The van der Waals surface area contributed by atoms with Crippen molar-refractivity contribution in [2.75, 3.05) is 0 Å². The lowest BCUT2D eigenvalue weighted by Gasteiger charge is -2.41. The summed E-state index contributed by atoms with van der Waals surface area (Å²) in [6, 6.07) is 0. The van der Waals surface area contributed by atoms with Crippen LogP contribution in [0.4, 0.5) is 0 Å². The van der Waals surface area contributed by atoms with Gasteiger partial charge in [0, 0.05) is 0 Å². The van der Waals surface area contributed by atoms with Crippen molar-refractivity contribution in [2.45, 2.75) is 88.0 Å². The van der Waals surface area contributed by atoms with E-state index >= 15 is 0 Å². The minimum absolute atomic E-state index is 0.435. The van der Waals surface area contributed by atoms with Crippen LogP contribution in [-0.2, 0) is 0 Å². The highest BCUT2D eigenvalue weighted by Crippen LogP contribution is 2.44. The first-order valence-electron chi connectivity index (χ1n) is 8.08. The largest absolute Gasteiger partial charge is 0.0649 e. The highest BCUT2D eigenvalue weighted by molar-refractivity contribution is 4.84. The second-order valence-electron chi connectivity index (χ2n) is 8.14. The zero-order valence-electron chi connectivity index (χ0n) is 14.6. The zero-order valence-corrected chi connectivity index (χ0v) is 14.6. The fraction of sp³-hybridized carbons (Fsp3) is 1.00. The second kappa shape index (κ2) is 6.96. The summed E-state index contributed by atoms with van der Waals surface area (Å²) in [4.78, 5) is 0. The number of hydrogen-bond acceptors (Lipinski definition) is 0. The van der Waals surface area contributed by atoms with E-state index in [1.807, 2.05) is 0 Å². The van der Waals surface area contributed by atoms with Gasteiger partial charge in [-0.3, -0.25) is 0 Å². The molecule has 0 aliphatic heterocycles. The summed E-state index contributed by atoms with van der Waals surface area (Å²) in [6.45, 7) is 21.6. The van der Waals surface area contributed by atoms with E-state index in [9.17, 15) is 0 Å². The molecule has 0 rings (SSSR count). The molecule has 0 heterocycles. The van der Waals surface area contributed by atoms with Gasteiger partial charge in [0.05, 0.1) is 0 Å². The molecule has 0 heteroatoms. The first-order valence-corrected chi connectivity index (χ1v) is 8.08. The second-order valence-corrected chi connectivity index (χ2v) is 8.14. The van der Waals surface area contributed by atoms with Crippen molar-refractivity contribution in [3.05, 3.63) is 0 Å². The molecule has 0 aliphatic carbocycles. The molecular weight excluding hydrogens is 216 g/mol. The molecule has 0 fully saturated rings. The topological polar surface area (TPSA) is 0 Å². The van der Waals surface area contributed by atoms with Crippen molar-refractivity contribution in [1.82, 2.24) is 0 Å². The lowest BCUT2D eigenvalue weighted by molar-refractivity contribution is 0.0987. The molecule has 0 amide bonds. The standard InChI is InChI=1S/C18H38/c1-10-18(11-2,12-14(3)4)13-15(5)16(6)17(7,8)9/h14-16H,10-13H2,1-9H3. The Morgan fingerprint density at radius 1 is 0.778 bits per heavy atom. The molecular formula is C18H38. The third-order valence-electron chi connectivity index (χ3n) is 5.32. The highest BCUT2D eigenvalue weighted by atomic mass is 14.4. The van der Waals surface area contributed by atoms with Crippen LogP contribution >= 0.6 is 0 Å². The van der Waals surface area contributed by atoms with Gasteiger partial charge >= 0.3 is 0 Å². The molecule has 0 radical (unpaired) electrons. The minimum atomic E-state index is 0.435. The van der Waals surface area contributed by atoms with Crippen molar-refractivity contribution in [2.24, 2.45) is 28.6 Å². The highest BCUT2D eigenvalue weighted by Gasteiger charge is 2.33. The quantitative estimate of drug-likeness (QED) is 0.483. The van der Waals surface area contributed by atoms with Crippen LogP contribution < -0.4 is 0 Å². The van der Waals surface area contributed by atoms with Crippen molar-refractivity contribution < 1.29 is 0 Å². The average molecular weight is 255 g/mol. The van der Waals surface area contributed by atoms with Gasteiger partial charge in [-0.25, -0.2) is 0 Å². The normalized spacial score (nSPS) is 17.0. The molecule has 0 saturated carbocycles. The predicted octanol–water partition coefficient (Wildman–Crippen LogP) is 6.55. The van der Waals surface area contributed by atoms with Crippen molar-refractivity contribution in [3.8, 4) is 0 Å². The summed E-state index contributed by atoms with van der Waals surface area (Å²) < 4.78 is 0. The molecule has 0 spiro atoms. The summed E-state index contributed by atoms with van der Waals surface area (Å²) in [7, 11) is 0. The van der Waals surface area contributed by atoms with E-state index in [0.29, 0.717) is 10.8 Å². The Kier molecular flexibility index (Phi) is 6.96. The maximum atomic E-state index is 2.47. The summed E-state index contributed by atoms with van der Waals surface area (Å²) in [6.07, 6.45) is 5.46. The third-order valence-corrected chi connectivity index (χ3v) is 5.32. The Labute approximate surface area is 117 Å². The molecule has 18 heavy (non-hydrogen) atoms. The Balaban J connectivity index is 4.78. The molecule has 0 bridgehead atoms. The van der Waals surface area contributed by atoms with E-state index in [1.54, 1.807) is 0 Å². The van der Waals surface area contributed by atoms with Gasteiger partial charge in [0.25, 0.3) is 0 Å². The molecule has 0 aromatic rings. The first kappa shape index (κ1) is 18.0. The van der Waals surface area contributed by atoms with E-state index in [-0.39, 0.29) is 0 Å². The fourth-order valence-corrected chi connectivity index (χ4v) is 3.49.